The van der Waals surface area contributed by atoms with Gasteiger partial charge in [-0.05, 0) is 56.0 Å². The molecule has 34 heavy (non-hydrogen) atoms. The Balaban J connectivity index is 1.53. The molecule has 4 rings (SSSR count). The fourth-order valence-corrected chi connectivity index (χ4v) is 4.03. The van der Waals surface area contributed by atoms with Crippen molar-refractivity contribution in [2.24, 2.45) is 0 Å². The van der Waals surface area contributed by atoms with Crippen LogP contribution in [0.5, 0.6) is 0 Å². The van der Waals surface area contributed by atoms with Crippen molar-refractivity contribution in [2.45, 2.75) is 32.8 Å². The molecule has 3 aromatic rings. The van der Waals surface area contributed by atoms with E-state index < -0.39 is 18.2 Å². The number of amides is 1. The summed E-state index contributed by atoms with van der Waals surface area (Å²) in [4.78, 5) is 23.3. The van der Waals surface area contributed by atoms with Gasteiger partial charge in [-0.1, -0.05) is 53.0 Å². The largest absolute Gasteiger partial charge is 0.472 e. The van der Waals surface area contributed by atoms with Gasteiger partial charge in [-0.3, -0.25) is 5.32 Å². The molecule has 0 saturated carbocycles. The zero-order valence-corrected chi connectivity index (χ0v) is 19.3. The Morgan fingerprint density at radius 3 is 2.79 bits per heavy atom. The molecular formula is C26H21ClN2O5. The maximum absolute atomic E-state index is 12.6. The first-order valence-corrected chi connectivity index (χ1v) is 11.0. The van der Waals surface area contributed by atoms with Gasteiger partial charge in [0.1, 0.15) is 17.5 Å². The molecule has 172 valence electrons. The highest BCUT2D eigenvalue weighted by molar-refractivity contribution is 6.31. The topological polar surface area (TPSA) is 102 Å². The van der Waals surface area contributed by atoms with Gasteiger partial charge in [-0.2, -0.15) is 0 Å². The number of carbonyl (C=O) groups is 2. The summed E-state index contributed by atoms with van der Waals surface area (Å²) in [5.74, 6) is 4.11. The number of carbonyl (C=O) groups excluding carboxylic acids is 1. The summed E-state index contributed by atoms with van der Waals surface area (Å²) in [6.07, 6.45) is 2.03. The van der Waals surface area contributed by atoms with Gasteiger partial charge in [0.25, 0.3) is 0 Å². The van der Waals surface area contributed by atoms with E-state index in [9.17, 15) is 9.59 Å². The quantitative estimate of drug-likeness (QED) is 0.446. The Hall–Kier alpha value is -4.02. The molecule has 0 aliphatic heterocycles. The summed E-state index contributed by atoms with van der Waals surface area (Å²) >= 11 is 6.20. The van der Waals surface area contributed by atoms with Crippen LogP contribution in [0.15, 0.2) is 52.6 Å². The molecule has 0 saturated heterocycles. The van der Waals surface area contributed by atoms with Crippen LogP contribution in [-0.2, 0) is 16.0 Å². The minimum atomic E-state index is -1.15. The molecule has 2 aromatic carbocycles. The lowest BCUT2D eigenvalue weighted by atomic mass is 9.90. The van der Waals surface area contributed by atoms with Crippen LogP contribution in [0.2, 0.25) is 5.02 Å². The van der Waals surface area contributed by atoms with Gasteiger partial charge in [-0.15, -0.1) is 0 Å². The molecule has 1 aliphatic rings. The van der Waals surface area contributed by atoms with Crippen molar-refractivity contribution in [3.05, 3.63) is 75.4 Å². The predicted octanol–water partition coefficient (Wildman–Crippen LogP) is 6.03. The number of hydrogen-bond donors (Lipinski definition) is 2. The van der Waals surface area contributed by atoms with Crippen LogP contribution in [0.25, 0.3) is 17.4 Å². The van der Waals surface area contributed by atoms with Gasteiger partial charge in [0, 0.05) is 27.6 Å². The second-order valence-electron chi connectivity index (χ2n) is 7.80. The van der Waals surface area contributed by atoms with Gasteiger partial charge < -0.3 is 14.4 Å². The molecule has 7 nitrogen and oxygen atoms in total. The predicted molar refractivity (Wildman–Crippen MR) is 128 cm³/mol. The Morgan fingerprint density at radius 2 is 2.03 bits per heavy atom. The number of nitrogens with zero attached hydrogens (tertiary/aromatic N) is 1. The molecule has 0 spiro atoms. The first-order chi connectivity index (χ1) is 16.3. The number of carboxylic acids is 1. The minimum absolute atomic E-state index is 0.420. The van der Waals surface area contributed by atoms with Crippen molar-refractivity contribution < 1.29 is 24.0 Å². The fraction of sp³-hybridized carbons (Fsp3) is 0.192. The van der Waals surface area contributed by atoms with Crippen LogP contribution in [0.3, 0.4) is 0 Å². The highest BCUT2D eigenvalue weighted by Crippen LogP contribution is 2.35. The lowest BCUT2D eigenvalue weighted by molar-refractivity contribution is -0.130. The van der Waals surface area contributed by atoms with Crippen molar-refractivity contribution in [3.63, 3.8) is 0 Å². The van der Waals surface area contributed by atoms with Crippen molar-refractivity contribution in [1.82, 2.24) is 5.16 Å². The second-order valence-corrected chi connectivity index (χ2v) is 8.21. The number of aromatic nitrogens is 1. The molecule has 8 heteroatoms. The van der Waals surface area contributed by atoms with E-state index in [-0.39, 0.29) is 0 Å². The van der Waals surface area contributed by atoms with Crippen LogP contribution < -0.4 is 5.32 Å². The second kappa shape index (κ2) is 9.86. The van der Waals surface area contributed by atoms with Crippen LogP contribution in [0.4, 0.5) is 10.5 Å². The first kappa shape index (κ1) is 23.1. The number of benzene rings is 2. The van der Waals surface area contributed by atoms with Gasteiger partial charge in [0.05, 0.1) is 0 Å². The van der Waals surface area contributed by atoms with Crippen molar-refractivity contribution in [1.29, 1.82) is 0 Å². The number of anilines is 1. The third-order valence-electron chi connectivity index (χ3n) is 5.45. The summed E-state index contributed by atoms with van der Waals surface area (Å²) in [6.45, 7) is 3.48. The van der Waals surface area contributed by atoms with Gasteiger partial charge >= 0.3 is 12.1 Å². The third kappa shape index (κ3) is 5.13. The smallest absolute Gasteiger partial charge is 0.412 e. The Labute approximate surface area is 201 Å². The highest BCUT2D eigenvalue weighted by Gasteiger charge is 2.21. The monoisotopic (exact) mass is 476 g/mol. The number of ether oxygens (including phenoxy) is 1. The van der Waals surface area contributed by atoms with Crippen LogP contribution >= 0.6 is 11.6 Å². The van der Waals surface area contributed by atoms with Crippen LogP contribution in [0.1, 0.15) is 41.8 Å². The molecule has 1 heterocycles. The van der Waals surface area contributed by atoms with E-state index in [2.05, 4.69) is 22.3 Å². The minimum Gasteiger partial charge on any atom is -0.472 e. The number of aryl methyl sites for hydroxylation is 2. The maximum Gasteiger partial charge on any atom is 0.412 e. The molecule has 0 bridgehead atoms. The Morgan fingerprint density at radius 1 is 1.24 bits per heavy atom. The number of rotatable bonds is 4. The average molecular weight is 477 g/mol. The van der Waals surface area contributed by atoms with E-state index in [1.165, 1.54) is 0 Å². The fourth-order valence-electron chi connectivity index (χ4n) is 3.74. The summed E-state index contributed by atoms with van der Waals surface area (Å²) in [5, 5.41) is 16.0. The SMILES string of the molecule is Cc1noc(-c2ccc3c(c2)CCC(C#CC(=O)O)=C3)c1NC(=O)OC(C)c1ccccc1Cl. The summed E-state index contributed by atoms with van der Waals surface area (Å²) < 4.78 is 11.0. The zero-order valence-electron chi connectivity index (χ0n) is 18.5. The van der Waals surface area contributed by atoms with Crippen molar-refractivity contribution in [2.75, 3.05) is 5.32 Å². The van der Waals surface area contributed by atoms with Crippen molar-refractivity contribution in [3.8, 4) is 23.2 Å². The zero-order chi connectivity index (χ0) is 24.2. The van der Waals surface area contributed by atoms with E-state index in [1.54, 1.807) is 26.0 Å². The summed E-state index contributed by atoms with van der Waals surface area (Å²) in [5.41, 5.74) is 5.20. The maximum atomic E-state index is 12.6. The number of fused-ring (bicyclic) bond motifs is 1. The lowest BCUT2D eigenvalue weighted by Crippen LogP contribution is -2.17. The molecule has 1 aromatic heterocycles. The number of halogens is 1. The van der Waals surface area contributed by atoms with Gasteiger partial charge in [0.15, 0.2) is 5.76 Å². The van der Waals surface area contributed by atoms with Gasteiger partial charge in [0.2, 0.25) is 0 Å². The first-order valence-electron chi connectivity index (χ1n) is 10.6. The highest BCUT2D eigenvalue weighted by atomic mass is 35.5. The average Bonchev–Trinajstić information content (AvgIpc) is 3.17. The number of aliphatic carboxylic acids is 1. The van der Waals surface area contributed by atoms with Crippen molar-refractivity contribution >= 4 is 35.4 Å². The van der Waals surface area contributed by atoms with E-state index in [4.69, 9.17) is 26.0 Å². The molecule has 1 atom stereocenters. The normalized spacial score (nSPS) is 13.1. The Kier molecular flexibility index (Phi) is 6.71. The Bertz CT molecular complexity index is 1360. The van der Waals surface area contributed by atoms with Crippen LogP contribution in [0, 0.1) is 18.8 Å². The van der Waals surface area contributed by atoms with Crippen LogP contribution in [-0.4, -0.2) is 22.3 Å². The summed E-state index contributed by atoms with van der Waals surface area (Å²) in [7, 11) is 0. The van der Waals surface area contributed by atoms with E-state index >= 15 is 0 Å². The van der Waals surface area contributed by atoms with E-state index in [1.807, 2.05) is 36.4 Å². The summed E-state index contributed by atoms with van der Waals surface area (Å²) in [6, 6.07) is 12.9. The molecule has 0 radical (unpaired) electrons. The third-order valence-corrected chi connectivity index (χ3v) is 5.79. The molecule has 1 amide bonds. The van der Waals surface area contributed by atoms with E-state index in [0.29, 0.717) is 40.6 Å². The molecule has 1 aliphatic carbocycles. The molecule has 0 fully saturated rings. The number of nitrogens with one attached hydrogen (secondary N) is 1. The molecule has 2 N–H and O–H groups in total. The lowest BCUT2D eigenvalue weighted by Gasteiger charge is -2.16. The van der Waals surface area contributed by atoms with Gasteiger partial charge in [-0.25, -0.2) is 9.59 Å². The number of carboxylic acid groups (broad SMARTS) is 1. The molecular weight excluding hydrogens is 456 g/mol. The standard InChI is InChI=1S/C26H21ClN2O5/c1-15-24(28-26(32)33-16(2)21-5-3-4-6-22(21)27)25(34-29-15)20-11-10-18-13-17(8-12-23(30)31)7-9-19(18)14-20/h3-6,10-11,13-14,16H,7,9H2,1-2H3,(H,28,32)(H,30,31). The van der Waals surface area contributed by atoms with E-state index in [0.717, 1.165) is 22.3 Å². The number of hydrogen-bond acceptors (Lipinski definition) is 5. The number of allylic oxidation sites excluding steroid dienone is 1. The molecule has 1 unspecified atom stereocenters.